The predicted octanol–water partition coefficient (Wildman–Crippen LogP) is 0.406. The molecular formula is C9H13BrN4O2S. The van der Waals surface area contributed by atoms with Crippen molar-refractivity contribution in [1.29, 1.82) is 0 Å². The maximum absolute atomic E-state index is 12.0. The molecule has 1 aromatic heterocycles. The fraction of sp³-hybridized carbons (Fsp3) is 0.444. The third-order valence-corrected chi connectivity index (χ3v) is 4.54. The van der Waals surface area contributed by atoms with E-state index in [1.54, 1.807) is 18.3 Å². The molecule has 8 heteroatoms. The molecule has 17 heavy (non-hydrogen) atoms. The van der Waals surface area contributed by atoms with Crippen molar-refractivity contribution in [1.82, 2.24) is 14.6 Å². The molecule has 0 atom stereocenters. The normalized spacial score (nSPS) is 17.9. The summed E-state index contributed by atoms with van der Waals surface area (Å²) in [4.78, 5) is 3.98. The minimum Gasteiger partial charge on any atom is -0.314 e. The van der Waals surface area contributed by atoms with Crippen LogP contribution in [0.3, 0.4) is 0 Å². The first-order valence-electron chi connectivity index (χ1n) is 5.19. The third kappa shape index (κ3) is 3.15. The Morgan fingerprint density at radius 2 is 2.12 bits per heavy atom. The van der Waals surface area contributed by atoms with Crippen LogP contribution in [-0.4, -0.2) is 43.9 Å². The van der Waals surface area contributed by atoms with E-state index in [1.807, 2.05) is 0 Å². The SMILES string of the molecule is O=S(=O)(Nc1ncccc1Br)N1CCNCC1. The zero-order chi connectivity index (χ0) is 12.3. The summed E-state index contributed by atoms with van der Waals surface area (Å²) >= 11 is 3.25. The van der Waals surface area contributed by atoms with E-state index in [1.165, 1.54) is 4.31 Å². The first-order valence-corrected chi connectivity index (χ1v) is 7.42. The molecule has 2 rings (SSSR count). The summed E-state index contributed by atoms with van der Waals surface area (Å²) in [5.41, 5.74) is 0. The Labute approximate surface area is 109 Å². The van der Waals surface area contributed by atoms with Crippen LogP contribution in [0.2, 0.25) is 0 Å². The number of pyridine rings is 1. The number of anilines is 1. The zero-order valence-corrected chi connectivity index (χ0v) is 11.5. The van der Waals surface area contributed by atoms with Gasteiger partial charge in [0.05, 0.1) is 4.47 Å². The molecule has 2 heterocycles. The lowest BCUT2D eigenvalue weighted by atomic mass is 10.4. The molecule has 1 fully saturated rings. The highest BCUT2D eigenvalue weighted by atomic mass is 79.9. The summed E-state index contributed by atoms with van der Waals surface area (Å²) in [6.07, 6.45) is 1.54. The van der Waals surface area contributed by atoms with Crippen LogP contribution in [0.5, 0.6) is 0 Å². The molecule has 0 aromatic carbocycles. The Kier molecular flexibility index (Phi) is 3.97. The molecular weight excluding hydrogens is 308 g/mol. The number of hydrogen-bond acceptors (Lipinski definition) is 4. The molecule has 6 nitrogen and oxygen atoms in total. The van der Waals surface area contributed by atoms with Crippen LogP contribution >= 0.6 is 15.9 Å². The molecule has 0 amide bonds. The van der Waals surface area contributed by atoms with Gasteiger partial charge in [-0.15, -0.1) is 0 Å². The molecule has 2 N–H and O–H groups in total. The highest BCUT2D eigenvalue weighted by Crippen LogP contribution is 2.20. The molecule has 94 valence electrons. The van der Waals surface area contributed by atoms with E-state index in [-0.39, 0.29) is 0 Å². The lowest BCUT2D eigenvalue weighted by Gasteiger charge is -2.26. The molecule has 0 spiro atoms. The van der Waals surface area contributed by atoms with Crippen LogP contribution in [0.25, 0.3) is 0 Å². The van der Waals surface area contributed by atoms with Gasteiger partial charge < -0.3 is 5.32 Å². The zero-order valence-electron chi connectivity index (χ0n) is 9.06. The summed E-state index contributed by atoms with van der Waals surface area (Å²) in [6, 6.07) is 3.47. The second-order valence-corrected chi connectivity index (χ2v) is 6.11. The fourth-order valence-electron chi connectivity index (χ4n) is 1.53. The van der Waals surface area contributed by atoms with Gasteiger partial charge in [0.15, 0.2) is 5.82 Å². The van der Waals surface area contributed by atoms with E-state index in [2.05, 4.69) is 31.0 Å². The van der Waals surface area contributed by atoms with Crippen molar-refractivity contribution in [2.45, 2.75) is 0 Å². The van der Waals surface area contributed by atoms with Crippen LogP contribution in [0.1, 0.15) is 0 Å². The van der Waals surface area contributed by atoms with Crippen LogP contribution in [0.4, 0.5) is 5.82 Å². The molecule has 1 aliphatic heterocycles. The van der Waals surface area contributed by atoms with E-state index in [9.17, 15) is 8.42 Å². The third-order valence-electron chi connectivity index (χ3n) is 2.40. The van der Waals surface area contributed by atoms with Gasteiger partial charge in [-0.2, -0.15) is 12.7 Å². The Morgan fingerprint density at radius 1 is 1.41 bits per heavy atom. The van der Waals surface area contributed by atoms with E-state index >= 15 is 0 Å². The first-order chi connectivity index (χ1) is 8.09. The summed E-state index contributed by atoms with van der Waals surface area (Å²) in [5.74, 6) is 0.311. The largest absolute Gasteiger partial charge is 0.314 e. The van der Waals surface area contributed by atoms with Gasteiger partial charge in [-0.25, -0.2) is 4.98 Å². The topological polar surface area (TPSA) is 74.3 Å². The molecule has 0 radical (unpaired) electrons. The quantitative estimate of drug-likeness (QED) is 0.845. The van der Waals surface area contributed by atoms with Crippen molar-refractivity contribution < 1.29 is 8.42 Å². The predicted molar refractivity (Wildman–Crippen MR) is 68.9 cm³/mol. The van der Waals surface area contributed by atoms with Crippen molar-refractivity contribution >= 4 is 32.0 Å². The minimum absolute atomic E-state index is 0.311. The van der Waals surface area contributed by atoms with Crippen molar-refractivity contribution in [3.8, 4) is 0 Å². The van der Waals surface area contributed by atoms with Crippen LogP contribution < -0.4 is 10.0 Å². The van der Waals surface area contributed by atoms with Crippen LogP contribution in [-0.2, 0) is 10.2 Å². The summed E-state index contributed by atoms with van der Waals surface area (Å²) in [5, 5.41) is 3.10. The Morgan fingerprint density at radius 3 is 2.76 bits per heavy atom. The molecule has 0 bridgehead atoms. The first kappa shape index (κ1) is 12.7. The average molecular weight is 321 g/mol. The number of aromatic nitrogens is 1. The smallest absolute Gasteiger partial charge is 0.302 e. The maximum Gasteiger partial charge on any atom is 0.302 e. The second-order valence-electron chi connectivity index (χ2n) is 3.59. The highest BCUT2D eigenvalue weighted by molar-refractivity contribution is 9.10. The van der Waals surface area contributed by atoms with Crippen molar-refractivity contribution in [3.05, 3.63) is 22.8 Å². The van der Waals surface area contributed by atoms with Crippen LogP contribution in [0.15, 0.2) is 22.8 Å². The van der Waals surface area contributed by atoms with Gasteiger partial charge >= 0.3 is 10.2 Å². The van der Waals surface area contributed by atoms with E-state index in [4.69, 9.17) is 0 Å². The Bertz CT molecular complexity index is 488. The number of nitrogens with zero attached hydrogens (tertiary/aromatic N) is 2. The van der Waals surface area contributed by atoms with E-state index in [0.717, 1.165) is 0 Å². The van der Waals surface area contributed by atoms with Crippen LogP contribution in [0, 0.1) is 0 Å². The van der Waals surface area contributed by atoms with Gasteiger partial charge in [0.25, 0.3) is 0 Å². The van der Waals surface area contributed by atoms with E-state index < -0.39 is 10.2 Å². The maximum atomic E-state index is 12.0. The van der Waals surface area contributed by atoms with E-state index in [0.29, 0.717) is 36.5 Å². The molecule has 0 unspecified atom stereocenters. The fourth-order valence-corrected chi connectivity index (χ4v) is 3.22. The molecule has 1 saturated heterocycles. The number of nitrogens with one attached hydrogen (secondary N) is 2. The van der Waals surface area contributed by atoms with Crippen molar-refractivity contribution in [2.24, 2.45) is 0 Å². The lowest BCUT2D eigenvalue weighted by Crippen LogP contribution is -2.48. The summed E-state index contributed by atoms with van der Waals surface area (Å²) in [7, 11) is -3.51. The lowest BCUT2D eigenvalue weighted by molar-refractivity contribution is 0.362. The van der Waals surface area contributed by atoms with Gasteiger partial charge in [-0.1, -0.05) is 0 Å². The van der Waals surface area contributed by atoms with Crippen molar-refractivity contribution in [3.63, 3.8) is 0 Å². The average Bonchev–Trinajstić information content (AvgIpc) is 2.33. The van der Waals surface area contributed by atoms with Gasteiger partial charge in [0.2, 0.25) is 0 Å². The summed E-state index contributed by atoms with van der Waals surface area (Å²) in [6.45, 7) is 2.29. The summed E-state index contributed by atoms with van der Waals surface area (Å²) < 4.78 is 28.6. The highest BCUT2D eigenvalue weighted by Gasteiger charge is 2.24. The minimum atomic E-state index is -3.51. The number of hydrogen-bond donors (Lipinski definition) is 2. The molecule has 1 aromatic rings. The molecule has 1 aliphatic rings. The van der Waals surface area contributed by atoms with Gasteiger partial charge in [-0.05, 0) is 28.1 Å². The molecule has 0 saturated carbocycles. The van der Waals surface area contributed by atoms with Gasteiger partial charge in [-0.3, -0.25) is 4.72 Å². The number of piperazine rings is 1. The second kappa shape index (κ2) is 5.30. The monoisotopic (exact) mass is 320 g/mol. The van der Waals surface area contributed by atoms with Gasteiger partial charge in [0, 0.05) is 32.4 Å². The van der Waals surface area contributed by atoms with Crippen molar-refractivity contribution in [2.75, 3.05) is 30.9 Å². The Balaban J connectivity index is 2.14. The van der Waals surface area contributed by atoms with Gasteiger partial charge in [0.1, 0.15) is 0 Å². The molecule has 0 aliphatic carbocycles. The Hall–Kier alpha value is -0.700. The standard InChI is InChI=1S/C9H13BrN4O2S/c10-8-2-1-3-12-9(8)13-17(15,16)14-6-4-11-5-7-14/h1-3,11H,4-7H2,(H,12,13). The number of halogens is 1. The number of rotatable bonds is 3.